The molecule has 0 aliphatic heterocycles. The third kappa shape index (κ3) is 5.12. The Hall–Kier alpha value is -3.52. The molecule has 4 aromatic rings. The van der Waals surface area contributed by atoms with Gasteiger partial charge in [-0.3, -0.25) is 4.68 Å². The van der Waals surface area contributed by atoms with Crippen molar-refractivity contribution in [1.29, 1.82) is 0 Å². The van der Waals surface area contributed by atoms with E-state index in [0.717, 1.165) is 29.3 Å². The van der Waals surface area contributed by atoms with E-state index in [1.54, 1.807) is 18.3 Å². The summed E-state index contributed by atoms with van der Waals surface area (Å²) in [6.45, 7) is 0.376. The van der Waals surface area contributed by atoms with Gasteiger partial charge in [0.05, 0.1) is 11.6 Å². The molecule has 1 unspecified atom stereocenters. The van der Waals surface area contributed by atoms with E-state index in [0.29, 0.717) is 30.0 Å². The zero-order valence-electron chi connectivity index (χ0n) is 19.3. The third-order valence-electron chi connectivity index (χ3n) is 6.48. The quantitative estimate of drug-likeness (QED) is 0.300. The van der Waals surface area contributed by atoms with Crippen LogP contribution in [-0.2, 0) is 6.61 Å². The van der Waals surface area contributed by atoms with Crippen molar-refractivity contribution in [1.82, 2.24) is 14.8 Å². The molecule has 1 fully saturated rings. The molecule has 8 heteroatoms. The molecule has 1 aliphatic carbocycles. The lowest BCUT2D eigenvalue weighted by Gasteiger charge is -2.22. The SMILES string of the molecule is OC(c1ccc(Nc2nn(C3CCCCC3)c3ccnc(OCc4ccccc4)c23)cc1)C(F)F. The normalized spacial score (nSPS) is 15.4. The molecule has 182 valence electrons. The number of alkyl halides is 2. The summed E-state index contributed by atoms with van der Waals surface area (Å²) in [6, 6.07) is 18.5. The second-order valence-corrected chi connectivity index (χ2v) is 8.90. The highest BCUT2D eigenvalue weighted by atomic mass is 19.3. The van der Waals surface area contributed by atoms with Crippen LogP contribution in [0.3, 0.4) is 0 Å². The van der Waals surface area contributed by atoms with Crippen molar-refractivity contribution in [3.05, 3.63) is 78.0 Å². The van der Waals surface area contributed by atoms with Gasteiger partial charge in [-0.05, 0) is 42.2 Å². The molecular formula is C27H28F2N4O2. The number of aromatic nitrogens is 3. The number of nitrogens with one attached hydrogen (secondary N) is 1. The number of benzene rings is 2. The lowest BCUT2D eigenvalue weighted by atomic mass is 9.95. The van der Waals surface area contributed by atoms with Gasteiger partial charge < -0.3 is 15.2 Å². The fourth-order valence-electron chi connectivity index (χ4n) is 4.63. The number of ether oxygens (including phenoxy) is 1. The van der Waals surface area contributed by atoms with Crippen LogP contribution in [0.25, 0.3) is 10.9 Å². The Morgan fingerprint density at radius 1 is 1.00 bits per heavy atom. The Morgan fingerprint density at radius 2 is 1.74 bits per heavy atom. The van der Waals surface area contributed by atoms with E-state index in [4.69, 9.17) is 9.84 Å². The number of halogens is 2. The molecule has 1 saturated carbocycles. The minimum atomic E-state index is -2.83. The van der Waals surface area contributed by atoms with Gasteiger partial charge in [0, 0.05) is 11.9 Å². The van der Waals surface area contributed by atoms with E-state index >= 15 is 0 Å². The summed E-state index contributed by atoms with van der Waals surface area (Å²) in [6.07, 6.45) is 2.82. The maximum atomic E-state index is 12.9. The van der Waals surface area contributed by atoms with Crippen molar-refractivity contribution < 1.29 is 18.6 Å². The molecule has 0 amide bonds. The zero-order valence-corrected chi connectivity index (χ0v) is 19.3. The summed E-state index contributed by atoms with van der Waals surface area (Å²) in [5.41, 5.74) is 2.82. The van der Waals surface area contributed by atoms with Crippen molar-refractivity contribution in [3.8, 4) is 5.88 Å². The van der Waals surface area contributed by atoms with E-state index in [-0.39, 0.29) is 5.56 Å². The highest BCUT2D eigenvalue weighted by molar-refractivity contribution is 5.96. The molecule has 1 atom stereocenters. The third-order valence-corrected chi connectivity index (χ3v) is 6.48. The van der Waals surface area contributed by atoms with Crippen LogP contribution in [0, 0.1) is 0 Å². The van der Waals surface area contributed by atoms with Crippen molar-refractivity contribution >= 4 is 22.4 Å². The number of aliphatic hydroxyl groups is 1. The van der Waals surface area contributed by atoms with Gasteiger partial charge >= 0.3 is 0 Å². The van der Waals surface area contributed by atoms with Gasteiger partial charge in [-0.15, -0.1) is 0 Å². The molecule has 0 bridgehead atoms. The van der Waals surface area contributed by atoms with Gasteiger partial charge in [0.1, 0.15) is 18.1 Å². The van der Waals surface area contributed by atoms with Crippen molar-refractivity contribution in [3.63, 3.8) is 0 Å². The first-order valence-electron chi connectivity index (χ1n) is 12.0. The molecular weight excluding hydrogens is 450 g/mol. The van der Waals surface area contributed by atoms with E-state index in [1.807, 2.05) is 36.4 Å². The molecule has 2 aromatic heterocycles. The Morgan fingerprint density at radius 3 is 2.46 bits per heavy atom. The number of hydrogen-bond acceptors (Lipinski definition) is 5. The number of pyridine rings is 1. The molecule has 0 radical (unpaired) electrons. The Balaban J connectivity index is 1.49. The first-order chi connectivity index (χ1) is 17.1. The second kappa shape index (κ2) is 10.4. The molecule has 2 heterocycles. The topological polar surface area (TPSA) is 72.2 Å². The van der Waals surface area contributed by atoms with E-state index < -0.39 is 12.5 Å². The predicted octanol–water partition coefficient (Wildman–Crippen LogP) is 6.56. The number of aliphatic hydroxyl groups excluding tert-OH is 1. The van der Waals surface area contributed by atoms with Gasteiger partial charge in [-0.25, -0.2) is 13.8 Å². The molecule has 5 rings (SSSR count). The fraction of sp³-hybridized carbons (Fsp3) is 0.333. The first kappa shape index (κ1) is 23.2. The van der Waals surface area contributed by atoms with Crippen molar-refractivity contribution in [2.75, 3.05) is 5.32 Å². The Labute approximate surface area is 202 Å². The molecule has 6 nitrogen and oxygen atoms in total. The average Bonchev–Trinajstić information content (AvgIpc) is 3.27. The smallest absolute Gasteiger partial charge is 0.268 e. The van der Waals surface area contributed by atoms with E-state index in [9.17, 15) is 13.9 Å². The van der Waals surface area contributed by atoms with Crippen molar-refractivity contribution in [2.45, 2.75) is 57.3 Å². The molecule has 2 N–H and O–H groups in total. The molecule has 2 aromatic carbocycles. The van der Waals surface area contributed by atoms with Gasteiger partial charge in [-0.2, -0.15) is 5.10 Å². The predicted molar refractivity (Wildman–Crippen MR) is 131 cm³/mol. The summed E-state index contributed by atoms with van der Waals surface area (Å²) in [7, 11) is 0. The standard InChI is InChI=1S/C27H28F2N4O2/c28-25(29)24(34)19-11-13-20(14-12-19)31-26-23-22(33(32-26)21-9-5-2-6-10-21)15-16-30-27(23)35-17-18-7-3-1-4-8-18/h1,3-4,7-8,11-16,21,24-25,34H,2,5-6,9-10,17H2,(H,31,32). The van der Waals surface area contributed by atoms with Crippen LogP contribution >= 0.6 is 0 Å². The fourth-order valence-corrected chi connectivity index (χ4v) is 4.63. The lowest BCUT2D eigenvalue weighted by Crippen LogP contribution is -2.14. The van der Waals surface area contributed by atoms with Crippen LogP contribution in [-0.4, -0.2) is 26.3 Å². The number of fused-ring (bicyclic) bond motifs is 1. The molecule has 0 saturated heterocycles. The van der Waals surface area contributed by atoms with E-state index in [1.165, 1.54) is 31.4 Å². The number of hydrogen-bond donors (Lipinski definition) is 2. The minimum absolute atomic E-state index is 0.164. The monoisotopic (exact) mass is 478 g/mol. The van der Waals surface area contributed by atoms with Gasteiger partial charge in [0.25, 0.3) is 6.43 Å². The second-order valence-electron chi connectivity index (χ2n) is 8.90. The van der Waals surface area contributed by atoms with Crippen LogP contribution in [0.5, 0.6) is 5.88 Å². The van der Waals surface area contributed by atoms with Crippen LogP contribution in [0.4, 0.5) is 20.3 Å². The van der Waals surface area contributed by atoms with Crippen LogP contribution in [0.15, 0.2) is 66.9 Å². The number of rotatable bonds is 8. The Kier molecular flexibility index (Phi) is 6.90. The maximum absolute atomic E-state index is 12.9. The number of nitrogens with zero attached hydrogens (tertiary/aromatic N) is 3. The molecule has 1 aliphatic rings. The molecule has 0 spiro atoms. The highest BCUT2D eigenvalue weighted by Gasteiger charge is 2.24. The maximum Gasteiger partial charge on any atom is 0.268 e. The highest BCUT2D eigenvalue weighted by Crippen LogP contribution is 2.37. The first-order valence-corrected chi connectivity index (χ1v) is 12.0. The summed E-state index contributed by atoms with van der Waals surface area (Å²) in [4.78, 5) is 4.51. The molecule has 35 heavy (non-hydrogen) atoms. The van der Waals surface area contributed by atoms with Crippen LogP contribution < -0.4 is 10.1 Å². The summed E-state index contributed by atoms with van der Waals surface area (Å²) in [5.74, 6) is 1.09. The summed E-state index contributed by atoms with van der Waals surface area (Å²) < 4.78 is 33.9. The average molecular weight is 479 g/mol. The van der Waals surface area contributed by atoms with Gasteiger partial charge in [0.2, 0.25) is 5.88 Å². The van der Waals surface area contributed by atoms with Gasteiger partial charge in [0.15, 0.2) is 5.82 Å². The summed E-state index contributed by atoms with van der Waals surface area (Å²) >= 11 is 0. The zero-order chi connectivity index (χ0) is 24.2. The Bertz CT molecular complexity index is 1260. The largest absolute Gasteiger partial charge is 0.472 e. The van der Waals surface area contributed by atoms with Crippen molar-refractivity contribution in [2.24, 2.45) is 0 Å². The van der Waals surface area contributed by atoms with Crippen LogP contribution in [0.2, 0.25) is 0 Å². The lowest BCUT2D eigenvalue weighted by molar-refractivity contribution is -0.00577. The van der Waals surface area contributed by atoms with Crippen LogP contribution in [0.1, 0.15) is 55.4 Å². The minimum Gasteiger partial charge on any atom is -0.472 e. The summed E-state index contributed by atoms with van der Waals surface area (Å²) in [5, 5.41) is 18.7. The number of anilines is 2. The van der Waals surface area contributed by atoms with Gasteiger partial charge in [-0.1, -0.05) is 61.7 Å². The van der Waals surface area contributed by atoms with E-state index in [2.05, 4.69) is 15.0 Å².